The van der Waals surface area contributed by atoms with Crippen LogP contribution in [-0.4, -0.2) is 63.1 Å². The van der Waals surface area contributed by atoms with Crippen LogP contribution in [0.1, 0.15) is 29.6 Å². The van der Waals surface area contributed by atoms with Gasteiger partial charge in [-0.15, -0.1) is 0 Å². The highest BCUT2D eigenvalue weighted by molar-refractivity contribution is 6.04. The van der Waals surface area contributed by atoms with Gasteiger partial charge in [0.05, 0.1) is 17.7 Å². The van der Waals surface area contributed by atoms with Crippen molar-refractivity contribution in [1.82, 2.24) is 25.2 Å². The third-order valence-corrected chi connectivity index (χ3v) is 5.35. The zero-order chi connectivity index (χ0) is 21.5. The van der Waals surface area contributed by atoms with Crippen molar-refractivity contribution < 1.29 is 27.5 Å². The number of halogens is 3. The Morgan fingerprint density at radius 2 is 2.07 bits per heavy atom. The monoisotopic (exact) mass is 423 g/mol. The van der Waals surface area contributed by atoms with Crippen molar-refractivity contribution in [1.29, 1.82) is 0 Å². The molecule has 1 aliphatic carbocycles. The van der Waals surface area contributed by atoms with Crippen molar-refractivity contribution in [3.05, 3.63) is 30.6 Å². The second kappa shape index (κ2) is 7.62. The average Bonchev–Trinajstić information content (AvgIpc) is 3.37. The number of carbonyl (C=O) groups is 2. The zero-order valence-electron chi connectivity index (χ0n) is 15.9. The van der Waals surface area contributed by atoms with Gasteiger partial charge in [0, 0.05) is 38.2 Å². The van der Waals surface area contributed by atoms with Crippen molar-refractivity contribution in [3.63, 3.8) is 0 Å². The molecule has 11 heteroatoms. The highest BCUT2D eigenvalue weighted by Crippen LogP contribution is 2.44. The summed E-state index contributed by atoms with van der Waals surface area (Å²) in [6.07, 6.45) is 0.686. The van der Waals surface area contributed by atoms with E-state index in [2.05, 4.69) is 26.8 Å². The van der Waals surface area contributed by atoms with E-state index in [-0.39, 0.29) is 35.4 Å². The lowest BCUT2D eigenvalue weighted by Crippen LogP contribution is -2.41. The number of rotatable bonds is 5. The molecule has 0 radical (unpaired) electrons. The number of hydrogen-bond acceptors (Lipinski definition) is 5. The number of alkyl halides is 3. The van der Waals surface area contributed by atoms with Gasteiger partial charge in [0.1, 0.15) is 11.6 Å². The Kier molecular flexibility index (Phi) is 5.12. The van der Waals surface area contributed by atoms with Gasteiger partial charge < -0.3 is 19.9 Å². The highest BCUT2D eigenvalue weighted by Gasteiger charge is 2.56. The summed E-state index contributed by atoms with van der Waals surface area (Å²) in [5.41, 5.74) is 0.678. The first-order valence-corrected chi connectivity index (χ1v) is 9.56. The molecular formula is C19H20F3N5O3. The molecular weight excluding hydrogens is 403 g/mol. The maximum atomic E-state index is 12.7. The molecule has 160 valence electrons. The Morgan fingerprint density at radius 3 is 2.70 bits per heavy atom. The first kappa shape index (κ1) is 20.2. The molecule has 0 spiro atoms. The molecule has 2 aromatic heterocycles. The number of likely N-dealkylation sites (tertiary alicyclic amines) is 1. The van der Waals surface area contributed by atoms with E-state index < -0.39 is 24.0 Å². The Labute approximate surface area is 169 Å². The summed E-state index contributed by atoms with van der Waals surface area (Å²) in [6.45, 7) is 4.54. The van der Waals surface area contributed by atoms with E-state index in [0.29, 0.717) is 31.6 Å². The molecule has 30 heavy (non-hydrogen) atoms. The van der Waals surface area contributed by atoms with Crippen molar-refractivity contribution in [2.24, 2.45) is 5.92 Å². The van der Waals surface area contributed by atoms with Crippen LogP contribution in [0.3, 0.4) is 0 Å². The number of aromatic amines is 1. The number of ether oxygens (including phenoxy) is 1. The van der Waals surface area contributed by atoms with Gasteiger partial charge in [-0.1, -0.05) is 6.58 Å². The van der Waals surface area contributed by atoms with Crippen LogP contribution in [0.15, 0.2) is 25.0 Å². The number of H-pyrrole nitrogens is 1. The van der Waals surface area contributed by atoms with E-state index in [1.807, 2.05) is 0 Å². The second-order valence-corrected chi connectivity index (χ2v) is 7.42. The SMILES string of the molecule is C=CC(=O)N1CCC(Oc2cnc3[nH]cc(C(=O)NC4C[C@H]4C(F)(F)F)c3n2)CC1. The molecule has 1 unspecified atom stereocenters. The molecule has 1 saturated heterocycles. The number of nitrogens with one attached hydrogen (secondary N) is 2. The Balaban J connectivity index is 1.41. The van der Waals surface area contributed by atoms with E-state index in [0.717, 1.165) is 0 Å². The normalized spacial score (nSPS) is 22.0. The summed E-state index contributed by atoms with van der Waals surface area (Å²) in [6, 6.07) is -0.918. The number of aromatic nitrogens is 3. The molecule has 3 heterocycles. The number of carbonyl (C=O) groups excluding carboxylic acids is 2. The summed E-state index contributed by atoms with van der Waals surface area (Å²) in [5.74, 6) is -2.05. The van der Waals surface area contributed by atoms with Gasteiger partial charge >= 0.3 is 6.18 Å². The molecule has 2 N–H and O–H groups in total. The van der Waals surface area contributed by atoms with Gasteiger partial charge in [-0.05, 0) is 12.5 Å². The number of amides is 2. The van der Waals surface area contributed by atoms with Gasteiger partial charge in [-0.3, -0.25) is 9.59 Å². The molecule has 2 atom stereocenters. The number of fused-ring (bicyclic) bond motifs is 1. The van der Waals surface area contributed by atoms with Gasteiger partial charge in [-0.25, -0.2) is 9.97 Å². The molecule has 2 fully saturated rings. The van der Waals surface area contributed by atoms with E-state index in [4.69, 9.17) is 4.74 Å². The highest BCUT2D eigenvalue weighted by atomic mass is 19.4. The lowest BCUT2D eigenvalue weighted by molar-refractivity contribution is -0.148. The summed E-state index contributed by atoms with van der Waals surface area (Å²) < 4.78 is 43.9. The van der Waals surface area contributed by atoms with Gasteiger partial charge in [-0.2, -0.15) is 13.2 Å². The minimum atomic E-state index is -4.31. The largest absolute Gasteiger partial charge is 0.473 e. The number of hydrogen-bond donors (Lipinski definition) is 2. The summed E-state index contributed by atoms with van der Waals surface area (Å²) in [5, 5.41) is 2.39. The van der Waals surface area contributed by atoms with Crippen molar-refractivity contribution in [2.45, 2.75) is 37.6 Å². The van der Waals surface area contributed by atoms with E-state index in [1.54, 1.807) is 4.90 Å². The molecule has 0 bridgehead atoms. The molecule has 1 aliphatic heterocycles. The fraction of sp³-hybridized carbons (Fsp3) is 0.474. The third-order valence-electron chi connectivity index (χ3n) is 5.35. The first-order chi connectivity index (χ1) is 14.3. The molecule has 0 aromatic carbocycles. The minimum absolute atomic E-state index is 0.113. The maximum absolute atomic E-state index is 12.7. The minimum Gasteiger partial charge on any atom is -0.473 e. The van der Waals surface area contributed by atoms with Gasteiger partial charge in [0.2, 0.25) is 11.8 Å². The lowest BCUT2D eigenvalue weighted by atomic mass is 10.1. The van der Waals surface area contributed by atoms with Gasteiger partial charge in [0.15, 0.2) is 5.65 Å². The quantitative estimate of drug-likeness (QED) is 0.719. The summed E-state index contributed by atoms with van der Waals surface area (Å²) in [7, 11) is 0. The van der Waals surface area contributed by atoms with E-state index in [9.17, 15) is 22.8 Å². The number of nitrogens with zero attached hydrogens (tertiary/aromatic N) is 3. The van der Waals surface area contributed by atoms with Crippen LogP contribution in [0.25, 0.3) is 11.2 Å². The molecule has 1 saturated carbocycles. The third kappa shape index (κ3) is 4.10. The predicted octanol–water partition coefficient (Wildman–Crippen LogP) is 2.19. The number of piperidine rings is 1. The van der Waals surface area contributed by atoms with Crippen LogP contribution in [-0.2, 0) is 4.79 Å². The molecule has 2 aromatic rings. The van der Waals surface area contributed by atoms with Crippen molar-refractivity contribution >= 4 is 23.0 Å². The van der Waals surface area contributed by atoms with Crippen molar-refractivity contribution in [2.75, 3.05) is 13.1 Å². The van der Waals surface area contributed by atoms with Crippen LogP contribution >= 0.6 is 0 Å². The summed E-state index contributed by atoms with van der Waals surface area (Å²) >= 11 is 0. The Bertz CT molecular complexity index is 981. The topological polar surface area (TPSA) is 100 Å². The van der Waals surface area contributed by atoms with Crippen LogP contribution < -0.4 is 10.1 Å². The molecule has 8 nitrogen and oxygen atoms in total. The fourth-order valence-electron chi connectivity index (χ4n) is 3.56. The smallest absolute Gasteiger partial charge is 0.393 e. The van der Waals surface area contributed by atoms with Crippen LogP contribution in [0.5, 0.6) is 5.88 Å². The van der Waals surface area contributed by atoms with E-state index >= 15 is 0 Å². The standard InChI is InChI=1S/C19H20F3N5O3/c1-2-15(28)27-5-3-10(4-6-27)30-14-9-24-17-16(26-14)11(8-23-17)18(29)25-13-7-12(13)19(20,21)22/h2,8-10,12-13H,1,3-7H2,(H,23,24)(H,25,29)/t12-,13?/m1/s1. The summed E-state index contributed by atoms with van der Waals surface area (Å²) in [4.78, 5) is 37.0. The molecule has 2 amide bonds. The Morgan fingerprint density at radius 1 is 1.33 bits per heavy atom. The molecule has 2 aliphatic rings. The molecule has 4 rings (SSSR count). The van der Waals surface area contributed by atoms with Crippen molar-refractivity contribution in [3.8, 4) is 5.88 Å². The van der Waals surface area contributed by atoms with Crippen LogP contribution in [0, 0.1) is 5.92 Å². The first-order valence-electron chi connectivity index (χ1n) is 9.56. The van der Waals surface area contributed by atoms with E-state index in [1.165, 1.54) is 18.5 Å². The lowest BCUT2D eigenvalue weighted by Gasteiger charge is -2.31. The van der Waals surface area contributed by atoms with Crippen LogP contribution in [0.4, 0.5) is 13.2 Å². The van der Waals surface area contributed by atoms with Gasteiger partial charge in [0.25, 0.3) is 5.91 Å². The maximum Gasteiger partial charge on any atom is 0.393 e. The zero-order valence-corrected chi connectivity index (χ0v) is 15.9. The second-order valence-electron chi connectivity index (χ2n) is 7.42. The average molecular weight is 423 g/mol. The predicted molar refractivity (Wildman–Crippen MR) is 99.7 cm³/mol. The fourth-order valence-corrected chi connectivity index (χ4v) is 3.56. The Hall–Kier alpha value is -3.11. The van der Waals surface area contributed by atoms with Crippen LogP contribution in [0.2, 0.25) is 0 Å².